The molecule has 96 valence electrons. The molecule has 0 amide bonds. The van der Waals surface area contributed by atoms with Gasteiger partial charge in [0.15, 0.2) is 0 Å². The largest absolute Gasteiger partial charge is 0.281 e. The maximum Gasteiger partial charge on any atom is 0.281 e. The zero-order chi connectivity index (χ0) is 12.6. The third-order valence-corrected chi connectivity index (χ3v) is 6.02. The van der Waals surface area contributed by atoms with Gasteiger partial charge in [0.05, 0.1) is 0 Å². The van der Waals surface area contributed by atoms with Crippen molar-refractivity contribution in [3.63, 3.8) is 0 Å². The normalized spacial score (nSPS) is 26.8. The summed E-state index contributed by atoms with van der Waals surface area (Å²) in [6.07, 6.45) is 0.907. The molecule has 0 bridgehead atoms. The van der Waals surface area contributed by atoms with E-state index in [1.165, 1.54) is 9.87 Å². The van der Waals surface area contributed by atoms with Gasteiger partial charge in [0.2, 0.25) is 0 Å². The number of thiophene rings is 1. The Balaban J connectivity index is 2.19. The monoisotopic (exact) mass is 274 g/mol. The van der Waals surface area contributed by atoms with Crippen molar-refractivity contribution in [1.82, 2.24) is 8.61 Å². The van der Waals surface area contributed by atoms with E-state index in [1.807, 2.05) is 12.3 Å². The molecule has 1 aliphatic heterocycles. The zero-order valence-corrected chi connectivity index (χ0v) is 12.0. The summed E-state index contributed by atoms with van der Waals surface area (Å²) in [7, 11) is -0.113. The molecule has 1 aliphatic rings. The fraction of sp³-hybridized carbons (Fsp3) is 0.636. The van der Waals surface area contributed by atoms with Crippen molar-refractivity contribution in [2.45, 2.75) is 25.3 Å². The fourth-order valence-electron chi connectivity index (χ4n) is 2.28. The molecule has 2 atom stereocenters. The van der Waals surface area contributed by atoms with E-state index < -0.39 is 10.2 Å². The van der Waals surface area contributed by atoms with Crippen LogP contribution >= 0.6 is 11.3 Å². The van der Waals surface area contributed by atoms with Crippen molar-refractivity contribution in [3.05, 3.63) is 22.4 Å². The molecule has 17 heavy (non-hydrogen) atoms. The molecule has 6 heteroatoms. The van der Waals surface area contributed by atoms with Crippen LogP contribution in [-0.4, -0.2) is 43.7 Å². The van der Waals surface area contributed by atoms with Gasteiger partial charge in [-0.15, -0.1) is 0 Å². The summed E-state index contributed by atoms with van der Waals surface area (Å²) in [5, 5.41) is 4.16. The van der Waals surface area contributed by atoms with E-state index in [0.29, 0.717) is 12.5 Å². The molecule has 0 N–H and O–H groups in total. The first kappa shape index (κ1) is 13.0. The van der Waals surface area contributed by atoms with E-state index in [0.717, 1.165) is 6.42 Å². The quantitative estimate of drug-likeness (QED) is 0.842. The summed E-state index contributed by atoms with van der Waals surface area (Å²) >= 11 is 1.66. The van der Waals surface area contributed by atoms with Crippen LogP contribution in [0.2, 0.25) is 0 Å². The number of hydrogen-bond acceptors (Lipinski definition) is 3. The van der Waals surface area contributed by atoms with Crippen LogP contribution in [0.15, 0.2) is 16.8 Å². The first-order valence-electron chi connectivity index (χ1n) is 5.64. The molecule has 2 rings (SSSR count). The van der Waals surface area contributed by atoms with Gasteiger partial charge in [-0.3, -0.25) is 0 Å². The average molecular weight is 274 g/mol. The second kappa shape index (κ2) is 4.68. The van der Waals surface area contributed by atoms with Crippen LogP contribution in [0.1, 0.15) is 24.8 Å². The van der Waals surface area contributed by atoms with Gasteiger partial charge in [-0.1, -0.05) is 0 Å². The highest BCUT2D eigenvalue weighted by molar-refractivity contribution is 7.86. The molecule has 4 nitrogen and oxygen atoms in total. The lowest BCUT2D eigenvalue weighted by Gasteiger charge is -2.24. The minimum absolute atomic E-state index is 0.0762. The van der Waals surface area contributed by atoms with E-state index in [1.54, 1.807) is 29.7 Å². The van der Waals surface area contributed by atoms with Crippen LogP contribution in [0, 0.1) is 0 Å². The van der Waals surface area contributed by atoms with Gasteiger partial charge >= 0.3 is 0 Å². The predicted octanol–water partition coefficient (Wildman–Crippen LogP) is 1.73. The van der Waals surface area contributed by atoms with E-state index in [-0.39, 0.29) is 6.04 Å². The van der Waals surface area contributed by atoms with Gasteiger partial charge in [0, 0.05) is 32.6 Å². The van der Waals surface area contributed by atoms with Crippen LogP contribution in [0.3, 0.4) is 0 Å². The Bertz CT molecular complexity index is 468. The van der Waals surface area contributed by atoms with Crippen molar-refractivity contribution in [1.29, 1.82) is 0 Å². The topological polar surface area (TPSA) is 40.6 Å². The van der Waals surface area contributed by atoms with E-state index in [2.05, 4.69) is 11.4 Å². The summed E-state index contributed by atoms with van der Waals surface area (Å²) < 4.78 is 27.1. The molecule has 1 aromatic heterocycles. The number of hydrogen-bond donors (Lipinski definition) is 0. The van der Waals surface area contributed by atoms with Crippen LogP contribution in [0.5, 0.6) is 0 Å². The highest BCUT2D eigenvalue weighted by Crippen LogP contribution is 2.34. The summed E-state index contributed by atoms with van der Waals surface area (Å²) in [5.74, 6) is 0.339. The van der Waals surface area contributed by atoms with Crippen molar-refractivity contribution in [2.24, 2.45) is 0 Å². The Labute approximate surface area is 107 Å². The van der Waals surface area contributed by atoms with E-state index >= 15 is 0 Å². The number of rotatable bonds is 3. The summed E-state index contributed by atoms with van der Waals surface area (Å²) in [6.45, 7) is 2.58. The van der Waals surface area contributed by atoms with Gasteiger partial charge in [0.1, 0.15) is 0 Å². The lowest BCUT2D eigenvalue weighted by Crippen LogP contribution is -2.41. The summed E-state index contributed by atoms with van der Waals surface area (Å²) in [4.78, 5) is 0. The summed E-state index contributed by atoms with van der Waals surface area (Å²) in [6, 6.07) is 2.17. The molecule has 1 aromatic rings. The molecular formula is C11H18N2O2S2. The Morgan fingerprint density at radius 3 is 2.71 bits per heavy atom. The fourth-order valence-corrected chi connectivity index (χ4v) is 4.35. The van der Waals surface area contributed by atoms with Crippen LogP contribution in [0.4, 0.5) is 0 Å². The maximum absolute atomic E-state index is 12.1. The van der Waals surface area contributed by atoms with Gasteiger partial charge in [-0.05, 0) is 35.7 Å². The molecule has 0 aromatic carbocycles. The third-order valence-electron chi connectivity index (χ3n) is 3.29. The van der Waals surface area contributed by atoms with Crippen LogP contribution < -0.4 is 0 Å². The number of nitrogens with zero attached hydrogens (tertiary/aromatic N) is 2. The minimum Gasteiger partial charge on any atom is -0.195 e. The van der Waals surface area contributed by atoms with Gasteiger partial charge in [-0.25, -0.2) is 0 Å². The molecule has 1 saturated heterocycles. The van der Waals surface area contributed by atoms with Crippen LogP contribution in [0.25, 0.3) is 0 Å². The lowest BCUT2D eigenvalue weighted by molar-refractivity contribution is 0.371. The Hall–Kier alpha value is -0.430. The zero-order valence-electron chi connectivity index (χ0n) is 10.3. The Kier molecular flexibility index (Phi) is 3.58. The highest BCUT2D eigenvalue weighted by atomic mass is 32.2. The van der Waals surface area contributed by atoms with Crippen LogP contribution in [-0.2, 0) is 10.2 Å². The molecule has 0 aliphatic carbocycles. The van der Waals surface area contributed by atoms with Gasteiger partial charge in [-0.2, -0.15) is 28.4 Å². The van der Waals surface area contributed by atoms with Crippen molar-refractivity contribution in [2.75, 3.05) is 20.6 Å². The molecule has 2 unspecified atom stereocenters. The third kappa shape index (κ3) is 2.40. The standard InChI is InChI=1S/C11H18N2O2S2/c1-9-6-11(10-4-5-16-8-10)7-13(9)17(14,15)12(2)3/h4-5,8-9,11H,6-7H2,1-3H3. The molecule has 0 radical (unpaired) electrons. The summed E-state index contributed by atoms with van der Waals surface area (Å²) in [5.41, 5.74) is 1.26. The second-order valence-electron chi connectivity index (χ2n) is 4.70. The maximum atomic E-state index is 12.1. The molecule has 1 fully saturated rings. The predicted molar refractivity (Wildman–Crippen MR) is 70.5 cm³/mol. The second-order valence-corrected chi connectivity index (χ2v) is 7.57. The van der Waals surface area contributed by atoms with E-state index in [4.69, 9.17) is 0 Å². The minimum atomic E-state index is -3.28. The SMILES string of the molecule is CC1CC(c2ccsc2)CN1S(=O)(=O)N(C)C. The highest BCUT2D eigenvalue weighted by Gasteiger charge is 2.38. The smallest absolute Gasteiger partial charge is 0.195 e. The van der Waals surface area contributed by atoms with E-state index in [9.17, 15) is 8.42 Å². The van der Waals surface area contributed by atoms with Gasteiger partial charge < -0.3 is 0 Å². The molecular weight excluding hydrogens is 256 g/mol. The first-order chi connectivity index (χ1) is 7.93. The lowest BCUT2D eigenvalue weighted by atomic mass is 10.00. The van der Waals surface area contributed by atoms with Crippen molar-refractivity contribution < 1.29 is 8.42 Å². The average Bonchev–Trinajstić information content (AvgIpc) is 2.85. The van der Waals surface area contributed by atoms with Gasteiger partial charge in [0.25, 0.3) is 10.2 Å². The molecule has 2 heterocycles. The molecule has 0 saturated carbocycles. The molecule has 0 spiro atoms. The van der Waals surface area contributed by atoms with Crippen molar-refractivity contribution >= 4 is 21.5 Å². The van der Waals surface area contributed by atoms with Crippen molar-refractivity contribution in [3.8, 4) is 0 Å². The Morgan fingerprint density at radius 1 is 1.47 bits per heavy atom. The first-order valence-corrected chi connectivity index (χ1v) is 7.98. The Morgan fingerprint density at radius 2 is 2.18 bits per heavy atom.